The van der Waals surface area contributed by atoms with Gasteiger partial charge in [0.2, 0.25) is 0 Å². The summed E-state index contributed by atoms with van der Waals surface area (Å²) in [4.78, 5) is 37.0. The Morgan fingerprint density at radius 3 is 2.16 bits per heavy atom. The van der Waals surface area contributed by atoms with Crippen LogP contribution in [-0.4, -0.2) is 24.8 Å². The fourth-order valence-corrected chi connectivity index (χ4v) is 3.10. The van der Waals surface area contributed by atoms with Gasteiger partial charge in [-0.25, -0.2) is 0 Å². The molecule has 3 rings (SSSR count). The van der Waals surface area contributed by atoms with Crippen LogP contribution in [0.5, 0.6) is 5.75 Å². The lowest BCUT2D eigenvalue weighted by Crippen LogP contribution is -2.41. The number of carbonyl (C=O) groups is 3. The number of anilines is 1. The van der Waals surface area contributed by atoms with E-state index in [4.69, 9.17) is 27.9 Å². The minimum Gasteiger partial charge on any atom is -0.497 e. The largest absolute Gasteiger partial charge is 0.497 e. The summed E-state index contributed by atoms with van der Waals surface area (Å²) >= 11 is 11.8. The van der Waals surface area contributed by atoms with Gasteiger partial charge >= 0.3 is 0 Å². The number of hydrogen-bond acceptors (Lipinski definition) is 4. The van der Waals surface area contributed by atoms with Crippen LogP contribution in [0.1, 0.15) is 31.1 Å². The molecular formula is C22H17Cl2N3O4. The second-order valence-corrected chi connectivity index (χ2v) is 7.14. The van der Waals surface area contributed by atoms with Crippen molar-refractivity contribution in [1.29, 1.82) is 0 Å². The van der Waals surface area contributed by atoms with E-state index in [9.17, 15) is 14.4 Å². The van der Waals surface area contributed by atoms with E-state index in [0.29, 0.717) is 22.0 Å². The van der Waals surface area contributed by atoms with Gasteiger partial charge in [0.15, 0.2) is 0 Å². The summed E-state index contributed by atoms with van der Waals surface area (Å²) in [5.41, 5.74) is 5.84. The molecule has 3 aromatic rings. The van der Waals surface area contributed by atoms with Crippen LogP contribution < -0.4 is 20.9 Å². The number of benzene rings is 3. The van der Waals surface area contributed by atoms with Crippen molar-refractivity contribution in [3.8, 4) is 5.75 Å². The molecule has 3 N–H and O–H groups in total. The Kier molecular flexibility index (Phi) is 7.12. The smallest absolute Gasteiger partial charge is 0.271 e. The Morgan fingerprint density at radius 1 is 0.774 bits per heavy atom. The standard InChI is InChI=1S/C22H17Cl2N3O4/c1-31-17-8-5-13(6-9-17)20(28)25-16-4-2-3-14(11-16)21(29)26-27-22(30)18-10-7-15(23)12-19(18)24/h2-12H,1H3,(H,25,28)(H,26,29)(H,27,30). The second-order valence-electron chi connectivity index (χ2n) is 6.30. The van der Waals surface area contributed by atoms with Gasteiger partial charge in [-0.15, -0.1) is 0 Å². The number of amides is 3. The number of hydrogen-bond donors (Lipinski definition) is 3. The molecule has 3 aromatic carbocycles. The first-order valence-electron chi connectivity index (χ1n) is 8.98. The summed E-state index contributed by atoms with van der Waals surface area (Å²) in [6, 6.07) is 17.3. The number of halogens is 2. The monoisotopic (exact) mass is 457 g/mol. The highest BCUT2D eigenvalue weighted by atomic mass is 35.5. The van der Waals surface area contributed by atoms with Gasteiger partial charge in [-0.3, -0.25) is 25.2 Å². The zero-order chi connectivity index (χ0) is 22.4. The zero-order valence-corrected chi connectivity index (χ0v) is 17.8. The van der Waals surface area contributed by atoms with Crippen molar-refractivity contribution in [3.05, 3.63) is 93.5 Å². The predicted molar refractivity (Wildman–Crippen MR) is 119 cm³/mol. The lowest BCUT2D eigenvalue weighted by molar-refractivity contribution is 0.0847. The Labute approximate surface area is 188 Å². The number of methoxy groups -OCH3 is 1. The molecule has 0 unspecified atom stereocenters. The molecular weight excluding hydrogens is 441 g/mol. The third kappa shape index (κ3) is 5.75. The Morgan fingerprint density at radius 2 is 1.48 bits per heavy atom. The molecule has 0 aliphatic carbocycles. The van der Waals surface area contributed by atoms with Crippen LogP contribution in [0.25, 0.3) is 0 Å². The van der Waals surface area contributed by atoms with E-state index in [1.54, 1.807) is 42.5 Å². The Bertz CT molecular complexity index is 1130. The first kappa shape index (κ1) is 22.1. The molecule has 0 aliphatic heterocycles. The van der Waals surface area contributed by atoms with E-state index in [0.717, 1.165) is 0 Å². The molecule has 0 spiro atoms. The van der Waals surface area contributed by atoms with Crippen molar-refractivity contribution < 1.29 is 19.1 Å². The van der Waals surface area contributed by atoms with Crippen molar-refractivity contribution in [2.24, 2.45) is 0 Å². The van der Waals surface area contributed by atoms with Gasteiger partial charge in [-0.1, -0.05) is 29.3 Å². The number of rotatable bonds is 5. The number of carbonyl (C=O) groups excluding carboxylic acids is 3. The van der Waals surface area contributed by atoms with Crippen LogP contribution in [-0.2, 0) is 0 Å². The average Bonchev–Trinajstić information content (AvgIpc) is 2.77. The fraction of sp³-hybridized carbons (Fsp3) is 0.0455. The minimum atomic E-state index is -0.598. The fourth-order valence-electron chi connectivity index (χ4n) is 2.61. The van der Waals surface area contributed by atoms with Crippen LogP contribution in [0.3, 0.4) is 0 Å². The summed E-state index contributed by atoms with van der Waals surface area (Å²) in [5.74, 6) is -0.874. The van der Waals surface area contributed by atoms with Gasteiger partial charge in [0.25, 0.3) is 17.7 Å². The van der Waals surface area contributed by atoms with Gasteiger partial charge in [-0.2, -0.15) is 0 Å². The molecule has 0 saturated carbocycles. The molecule has 31 heavy (non-hydrogen) atoms. The van der Waals surface area contributed by atoms with Gasteiger partial charge in [0, 0.05) is 21.8 Å². The summed E-state index contributed by atoms with van der Waals surface area (Å²) in [6.07, 6.45) is 0. The molecule has 158 valence electrons. The molecule has 0 bridgehead atoms. The molecule has 0 radical (unpaired) electrons. The van der Waals surface area contributed by atoms with Crippen molar-refractivity contribution in [1.82, 2.24) is 10.9 Å². The summed E-state index contributed by atoms with van der Waals surface area (Å²) in [5, 5.41) is 3.26. The predicted octanol–water partition coefficient (Wildman–Crippen LogP) is 4.33. The number of ether oxygens (including phenoxy) is 1. The Hall–Kier alpha value is -3.55. The topological polar surface area (TPSA) is 96.5 Å². The van der Waals surface area contributed by atoms with Crippen LogP contribution in [0, 0.1) is 0 Å². The minimum absolute atomic E-state index is 0.155. The SMILES string of the molecule is COc1ccc(C(=O)Nc2cccc(C(=O)NNC(=O)c3ccc(Cl)cc3Cl)c2)cc1. The second kappa shape index (κ2) is 9.97. The molecule has 0 saturated heterocycles. The van der Waals surface area contributed by atoms with Gasteiger partial charge < -0.3 is 10.1 Å². The third-order valence-corrected chi connectivity index (χ3v) is 4.75. The summed E-state index contributed by atoms with van der Waals surface area (Å²) < 4.78 is 5.07. The molecule has 3 amide bonds. The molecule has 7 nitrogen and oxygen atoms in total. The highest BCUT2D eigenvalue weighted by Gasteiger charge is 2.13. The van der Waals surface area contributed by atoms with Crippen LogP contribution in [0.4, 0.5) is 5.69 Å². The molecule has 0 atom stereocenters. The molecule has 0 fully saturated rings. The molecule has 9 heteroatoms. The van der Waals surface area contributed by atoms with Crippen molar-refractivity contribution in [2.45, 2.75) is 0 Å². The van der Waals surface area contributed by atoms with Gasteiger partial charge in [-0.05, 0) is 60.7 Å². The summed E-state index contributed by atoms with van der Waals surface area (Å²) in [6.45, 7) is 0. The van der Waals surface area contributed by atoms with Crippen LogP contribution in [0.15, 0.2) is 66.7 Å². The summed E-state index contributed by atoms with van der Waals surface area (Å²) in [7, 11) is 1.54. The quantitative estimate of drug-likeness (QED) is 0.496. The Balaban J connectivity index is 1.62. The lowest BCUT2D eigenvalue weighted by atomic mass is 10.1. The third-order valence-electron chi connectivity index (χ3n) is 4.20. The average molecular weight is 458 g/mol. The van der Waals surface area contributed by atoms with E-state index in [-0.39, 0.29) is 22.1 Å². The molecule has 0 heterocycles. The van der Waals surface area contributed by atoms with Gasteiger partial charge in [0.05, 0.1) is 17.7 Å². The van der Waals surface area contributed by atoms with Crippen molar-refractivity contribution in [2.75, 3.05) is 12.4 Å². The lowest BCUT2D eigenvalue weighted by Gasteiger charge is -2.10. The maximum absolute atomic E-state index is 12.4. The van der Waals surface area contributed by atoms with Crippen LogP contribution >= 0.6 is 23.2 Å². The first-order valence-corrected chi connectivity index (χ1v) is 9.74. The van der Waals surface area contributed by atoms with E-state index >= 15 is 0 Å². The highest BCUT2D eigenvalue weighted by Crippen LogP contribution is 2.20. The highest BCUT2D eigenvalue weighted by molar-refractivity contribution is 6.36. The van der Waals surface area contributed by atoms with E-state index in [1.807, 2.05) is 0 Å². The number of hydrazine groups is 1. The molecule has 0 aromatic heterocycles. The van der Waals surface area contributed by atoms with Crippen molar-refractivity contribution in [3.63, 3.8) is 0 Å². The van der Waals surface area contributed by atoms with Gasteiger partial charge in [0.1, 0.15) is 5.75 Å². The van der Waals surface area contributed by atoms with E-state index < -0.39 is 11.8 Å². The molecule has 0 aliphatic rings. The number of nitrogens with one attached hydrogen (secondary N) is 3. The normalized spacial score (nSPS) is 10.2. The van der Waals surface area contributed by atoms with E-state index in [2.05, 4.69) is 16.2 Å². The maximum Gasteiger partial charge on any atom is 0.271 e. The maximum atomic E-state index is 12.4. The van der Waals surface area contributed by atoms with Crippen LogP contribution in [0.2, 0.25) is 10.0 Å². The zero-order valence-electron chi connectivity index (χ0n) is 16.2. The first-order chi connectivity index (χ1) is 14.9. The van der Waals surface area contributed by atoms with E-state index in [1.165, 1.54) is 31.4 Å². The van der Waals surface area contributed by atoms with Crippen molar-refractivity contribution >= 4 is 46.6 Å².